The zero-order valence-electron chi connectivity index (χ0n) is 9.81. The fourth-order valence-electron chi connectivity index (χ4n) is 1.50. The smallest absolute Gasteiger partial charge is 0.209 e. The number of aromatic nitrogens is 1. The molecule has 2 aromatic rings. The number of hydrogen-bond donors (Lipinski definition) is 0. The second-order valence-electron chi connectivity index (χ2n) is 3.95. The Bertz CT molecular complexity index is 494. The van der Waals surface area contributed by atoms with Crippen LogP contribution in [0.15, 0.2) is 34.9 Å². The Morgan fingerprint density at radius 2 is 2.24 bits per heavy atom. The van der Waals surface area contributed by atoms with Crippen molar-refractivity contribution in [2.24, 2.45) is 0 Å². The maximum atomic E-state index is 5.65. The van der Waals surface area contributed by atoms with Crippen LogP contribution in [0.2, 0.25) is 0 Å². The van der Waals surface area contributed by atoms with Gasteiger partial charge in [-0.15, -0.1) is 11.6 Å². The summed E-state index contributed by atoms with van der Waals surface area (Å²) in [5.74, 6) is 2.33. The molecule has 0 atom stereocenters. The molecule has 90 valence electrons. The van der Waals surface area contributed by atoms with Crippen molar-refractivity contribution in [3.63, 3.8) is 0 Å². The highest BCUT2D eigenvalue weighted by molar-refractivity contribution is 6.16. The zero-order valence-corrected chi connectivity index (χ0v) is 10.6. The Morgan fingerprint density at radius 1 is 1.41 bits per heavy atom. The number of oxazole rings is 1. The van der Waals surface area contributed by atoms with Gasteiger partial charge in [0.1, 0.15) is 5.75 Å². The van der Waals surface area contributed by atoms with E-state index in [1.807, 2.05) is 38.1 Å². The topological polar surface area (TPSA) is 35.3 Å². The number of halogens is 1. The second kappa shape index (κ2) is 5.23. The number of alkyl halides is 1. The summed E-state index contributed by atoms with van der Waals surface area (Å²) < 4.78 is 11.1. The van der Waals surface area contributed by atoms with Crippen molar-refractivity contribution in [1.29, 1.82) is 0 Å². The number of ether oxygens (including phenoxy) is 1. The second-order valence-corrected chi connectivity index (χ2v) is 4.21. The van der Waals surface area contributed by atoms with Gasteiger partial charge in [-0.2, -0.15) is 0 Å². The Kier molecular flexibility index (Phi) is 3.69. The highest BCUT2D eigenvalue weighted by Gasteiger charge is 2.07. The van der Waals surface area contributed by atoms with Crippen molar-refractivity contribution in [3.05, 3.63) is 36.4 Å². The third-order valence-corrected chi connectivity index (χ3v) is 2.39. The molecule has 0 unspecified atom stereocenters. The van der Waals surface area contributed by atoms with Crippen LogP contribution in [0.3, 0.4) is 0 Å². The van der Waals surface area contributed by atoms with E-state index in [0.29, 0.717) is 11.7 Å². The van der Waals surface area contributed by atoms with Crippen LogP contribution in [0.25, 0.3) is 11.3 Å². The van der Waals surface area contributed by atoms with Crippen LogP contribution >= 0.6 is 11.6 Å². The Hall–Kier alpha value is -1.48. The lowest BCUT2D eigenvalue weighted by Gasteiger charge is -2.09. The standard InChI is InChI=1S/C13H14ClNO2/c1-9(2)16-11-5-3-4-10(6-11)12-8-15-13(7-14)17-12/h3-6,8-9H,7H2,1-2H3. The third-order valence-electron chi connectivity index (χ3n) is 2.16. The zero-order chi connectivity index (χ0) is 12.3. The van der Waals surface area contributed by atoms with Gasteiger partial charge >= 0.3 is 0 Å². The van der Waals surface area contributed by atoms with Gasteiger partial charge in [0, 0.05) is 5.56 Å². The van der Waals surface area contributed by atoms with E-state index in [1.54, 1.807) is 6.20 Å². The molecule has 0 aliphatic rings. The molecule has 0 bridgehead atoms. The fourth-order valence-corrected chi connectivity index (χ4v) is 1.62. The first-order chi connectivity index (χ1) is 8.19. The van der Waals surface area contributed by atoms with Gasteiger partial charge < -0.3 is 9.15 Å². The van der Waals surface area contributed by atoms with Crippen molar-refractivity contribution in [3.8, 4) is 17.1 Å². The first kappa shape index (κ1) is 12.0. The van der Waals surface area contributed by atoms with E-state index in [2.05, 4.69) is 4.98 Å². The molecule has 0 saturated heterocycles. The molecule has 0 N–H and O–H groups in total. The summed E-state index contributed by atoms with van der Waals surface area (Å²) in [6.45, 7) is 3.99. The minimum absolute atomic E-state index is 0.151. The predicted molar refractivity (Wildman–Crippen MR) is 67.3 cm³/mol. The summed E-state index contributed by atoms with van der Waals surface area (Å²) >= 11 is 5.65. The third kappa shape index (κ3) is 3.01. The maximum Gasteiger partial charge on any atom is 0.209 e. The molecule has 0 aliphatic heterocycles. The van der Waals surface area contributed by atoms with Crippen molar-refractivity contribution in [2.45, 2.75) is 25.8 Å². The van der Waals surface area contributed by atoms with Gasteiger partial charge in [0.2, 0.25) is 5.89 Å². The molecule has 1 aromatic carbocycles. The molecule has 0 aliphatic carbocycles. The lowest BCUT2D eigenvalue weighted by atomic mass is 10.2. The summed E-state index contributed by atoms with van der Waals surface area (Å²) in [5, 5.41) is 0. The van der Waals surface area contributed by atoms with Crippen LogP contribution in [-0.2, 0) is 5.88 Å². The lowest BCUT2D eigenvalue weighted by molar-refractivity contribution is 0.242. The first-order valence-electron chi connectivity index (χ1n) is 5.47. The number of rotatable bonds is 4. The van der Waals surface area contributed by atoms with Crippen LogP contribution in [0.5, 0.6) is 5.75 Å². The van der Waals surface area contributed by atoms with Gasteiger partial charge in [-0.25, -0.2) is 4.98 Å². The fraction of sp³-hybridized carbons (Fsp3) is 0.308. The molecular weight excluding hydrogens is 238 g/mol. The summed E-state index contributed by atoms with van der Waals surface area (Å²) in [4.78, 5) is 4.06. The Balaban J connectivity index is 2.26. The highest BCUT2D eigenvalue weighted by atomic mass is 35.5. The van der Waals surface area contributed by atoms with Crippen molar-refractivity contribution >= 4 is 11.6 Å². The summed E-state index contributed by atoms with van der Waals surface area (Å²) in [7, 11) is 0. The van der Waals surface area contributed by atoms with Crippen molar-refractivity contribution in [1.82, 2.24) is 4.98 Å². The Morgan fingerprint density at radius 3 is 2.88 bits per heavy atom. The molecule has 3 nitrogen and oxygen atoms in total. The van der Waals surface area contributed by atoms with Crippen LogP contribution in [-0.4, -0.2) is 11.1 Å². The van der Waals surface area contributed by atoms with Crippen LogP contribution in [0, 0.1) is 0 Å². The molecule has 1 heterocycles. The van der Waals surface area contributed by atoms with Crippen LogP contribution < -0.4 is 4.74 Å². The van der Waals surface area contributed by atoms with E-state index in [0.717, 1.165) is 11.3 Å². The maximum absolute atomic E-state index is 5.65. The predicted octanol–water partition coefficient (Wildman–Crippen LogP) is 3.87. The van der Waals surface area contributed by atoms with E-state index in [4.69, 9.17) is 20.8 Å². The SMILES string of the molecule is CC(C)Oc1cccc(-c2cnc(CCl)o2)c1. The van der Waals surface area contributed by atoms with Gasteiger partial charge in [-0.3, -0.25) is 0 Å². The van der Waals surface area contributed by atoms with Gasteiger partial charge in [0.25, 0.3) is 0 Å². The highest BCUT2D eigenvalue weighted by Crippen LogP contribution is 2.25. The molecule has 17 heavy (non-hydrogen) atoms. The Labute approximate surface area is 105 Å². The van der Waals surface area contributed by atoms with E-state index in [1.165, 1.54) is 0 Å². The lowest BCUT2D eigenvalue weighted by Crippen LogP contribution is -2.05. The van der Waals surface area contributed by atoms with Gasteiger partial charge in [-0.1, -0.05) is 12.1 Å². The van der Waals surface area contributed by atoms with Gasteiger partial charge in [0.15, 0.2) is 5.76 Å². The van der Waals surface area contributed by atoms with Crippen molar-refractivity contribution < 1.29 is 9.15 Å². The molecule has 4 heteroatoms. The van der Waals surface area contributed by atoms with Crippen LogP contribution in [0.1, 0.15) is 19.7 Å². The van der Waals surface area contributed by atoms with Crippen LogP contribution in [0.4, 0.5) is 0 Å². The normalized spacial score (nSPS) is 10.8. The molecule has 0 fully saturated rings. The molecule has 1 aromatic heterocycles. The average Bonchev–Trinajstić information content (AvgIpc) is 2.77. The molecule has 0 spiro atoms. The van der Waals surface area contributed by atoms with Gasteiger partial charge in [0.05, 0.1) is 18.2 Å². The average molecular weight is 252 g/mol. The summed E-state index contributed by atoms with van der Waals surface area (Å²) in [5.41, 5.74) is 0.937. The molecule has 0 radical (unpaired) electrons. The largest absolute Gasteiger partial charge is 0.491 e. The number of nitrogens with zero attached hydrogens (tertiary/aromatic N) is 1. The molecule has 2 rings (SSSR count). The molecular formula is C13H14ClNO2. The minimum Gasteiger partial charge on any atom is -0.491 e. The van der Waals surface area contributed by atoms with Crippen molar-refractivity contribution in [2.75, 3.05) is 0 Å². The summed E-state index contributed by atoms with van der Waals surface area (Å²) in [6, 6.07) is 7.72. The monoisotopic (exact) mass is 251 g/mol. The quantitative estimate of drug-likeness (QED) is 0.774. The molecule has 0 amide bonds. The van der Waals surface area contributed by atoms with E-state index in [9.17, 15) is 0 Å². The number of hydrogen-bond acceptors (Lipinski definition) is 3. The summed E-state index contributed by atoms with van der Waals surface area (Å²) in [6.07, 6.45) is 1.82. The number of benzene rings is 1. The minimum atomic E-state index is 0.151. The van der Waals surface area contributed by atoms with Gasteiger partial charge in [-0.05, 0) is 26.0 Å². The van der Waals surface area contributed by atoms with E-state index >= 15 is 0 Å². The van der Waals surface area contributed by atoms with E-state index < -0.39 is 0 Å². The van der Waals surface area contributed by atoms with E-state index in [-0.39, 0.29) is 12.0 Å². The first-order valence-corrected chi connectivity index (χ1v) is 6.00. The molecule has 0 saturated carbocycles.